The Morgan fingerprint density at radius 3 is 2.83 bits per heavy atom. The summed E-state index contributed by atoms with van der Waals surface area (Å²) in [6.07, 6.45) is 6.51. The molecule has 8 heteroatoms. The number of hydrogen-bond donors (Lipinski definition) is 0. The molecule has 2 fully saturated rings. The summed E-state index contributed by atoms with van der Waals surface area (Å²) in [6.45, 7) is 4.96. The van der Waals surface area contributed by atoms with E-state index in [0.29, 0.717) is 22.2 Å². The van der Waals surface area contributed by atoms with Crippen molar-refractivity contribution in [3.05, 3.63) is 46.9 Å². The molecule has 7 nitrogen and oxygen atoms in total. The van der Waals surface area contributed by atoms with Crippen LogP contribution in [0.3, 0.4) is 0 Å². The third-order valence-electron chi connectivity index (χ3n) is 6.49. The van der Waals surface area contributed by atoms with Gasteiger partial charge in [-0.25, -0.2) is 0 Å². The monoisotopic (exact) mass is 427 g/mol. The van der Waals surface area contributed by atoms with Crippen LogP contribution in [0.1, 0.15) is 62.6 Å². The molecule has 0 bridgehead atoms. The second-order valence-corrected chi connectivity index (χ2v) is 9.01. The summed E-state index contributed by atoms with van der Waals surface area (Å²) in [5.74, 6) is 3.30. The summed E-state index contributed by atoms with van der Waals surface area (Å²) in [5.41, 5.74) is 1.19. The van der Waals surface area contributed by atoms with Crippen molar-refractivity contribution in [3.8, 4) is 11.4 Å². The van der Waals surface area contributed by atoms with Crippen LogP contribution in [0, 0.1) is 5.41 Å². The second kappa shape index (κ2) is 8.12. The lowest BCUT2D eigenvalue weighted by atomic mass is 9.91. The van der Waals surface area contributed by atoms with Gasteiger partial charge in [0.15, 0.2) is 5.82 Å². The maximum Gasteiger partial charge on any atom is 0.240 e. The molecule has 1 aliphatic heterocycles. The molecule has 3 aromatic rings. The lowest BCUT2D eigenvalue weighted by molar-refractivity contribution is 0.144. The van der Waals surface area contributed by atoms with Crippen molar-refractivity contribution in [1.29, 1.82) is 0 Å². The van der Waals surface area contributed by atoms with Crippen molar-refractivity contribution in [1.82, 2.24) is 25.2 Å². The van der Waals surface area contributed by atoms with Gasteiger partial charge in [-0.2, -0.15) is 9.97 Å². The van der Waals surface area contributed by atoms with Crippen LogP contribution in [0.5, 0.6) is 0 Å². The molecule has 3 heterocycles. The number of likely N-dealkylation sites (tertiary alicyclic amines) is 1. The molecule has 1 atom stereocenters. The zero-order valence-corrected chi connectivity index (χ0v) is 17.9. The molecule has 30 heavy (non-hydrogen) atoms. The minimum Gasteiger partial charge on any atom is -0.339 e. The number of benzene rings is 1. The standard InChI is InChI=1S/C22H26ClN5O2/c1-2-3-7-18-24-19(29-26-18)14-28-10-8-22(9-11-28)13-17(22)21-25-20(27-30-21)15-5-4-6-16(23)12-15/h4-6,12,17H,2-3,7-11,13-14H2,1H3/t17-/m1/s1. The number of aryl methyl sites for hydroxylation is 1. The predicted molar refractivity (Wildman–Crippen MR) is 112 cm³/mol. The number of nitrogens with zero attached hydrogens (tertiary/aromatic N) is 5. The zero-order valence-electron chi connectivity index (χ0n) is 17.2. The van der Waals surface area contributed by atoms with Gasteiger partial charge in [-0.3, -0.25) is 4.90 Å². The number of piperidine rings is 1. The van der Waals surface area contributed by atoms with Crippen molar-refractivity contribution in [2.45, 2.75) is 57.9 Å². The van der Waals surface area contributed by atoms with Gasteiger partial charge in [0.05, 0.1) is 6.54 Å². The molecule has 1 saturated heterocycles. The maximum atomic E-state index is 6.08. The Bertz CT molecular complexity index is 1010. The van der Waals surface area contributed by atoms with E-state index in [1.54, 1.807) is 0 Å². The largest absolute Gasteiger partial charge is 0.339 e. The first-order valence-corrected chi connectivity index (χ1v) is 11.2. The Balaban J connectivity index is 1.16. The fourth-order valence-corrected chi connectivity index (χ4v) is 4.70. The summed E-state index contributed by atoms with van der Waals surface area (Å²) >= 11 is 6.08. The fraction of sp³-hybridized carbons (Fsp3) is 0.545. The molecule has 2 aromatic heterocycles. The quantitative estimate of drug-likeness (QED) is 0.531. The average molecular weight is 428 g/mol. The first kappa shape index (κ1) is 19.7. The van der Waals surface area contributed by atoms with Gasteiger partial charge in [0.2, 0.25) is 17.6 Å². The van der Waals surface area contributed by atoms with Crippen LogP contribution in [0.15, 0.2) is 33.3 Å². The Labute approximate surface area is 180 Å². The lowest BCUT2D eigenvalue weighted by Gasteiger charge is -2.31. The van der Waals surface area contributed by atoms with Gasteiger partial charge in [0.25, 0.3) is 0 Å². The molecule has 2 aliphatic rings. The van der Waals surface area contributed by atoms with Gasteiger partial charge < -0.3 is 9.05 Å². The van der Waals surface area contributed by atoms with E-state index >= 15 is 0 Å². The van der Waals surface area contributed by atoms with Crippen LogP contribution in [-0.2, 0) is 13.0 Å². The lowest BCUT2D eigenvalue weighted by Crippen LogP contribution is -2.34. The van der Waals surface area contributed by atoms with Crippen LogP contribution < -0.4 is 0 Å². The van der Waals surface area contributed by atoms with E-state index in [9.17, 15) is 0 Å². The van der Waals surface area contributed by atoms with E-state index in [2.05, 4.69) is 32.1 Å². The highest BCUT2D eigenvalue weighted by atomic mass is 35.5. The van der Waals surface area contributed by atoms with E-state index in [1.165, 1.54) is 0 Å². The molecule has 1 aliphatic carbocycles. The van der Waals surface area contributed by atoms with E-state index in [-0.39, 0.29) is 0 Å². The Kier molecular flexibility index (Phi) is 5.33. The molecule has 0 N–H and O–H groups in total. The number of rotatable bonds is 7. The van der Waals surface area contributed by atoms with E-state index in [4.69, 9.17) is 20.6 Å². The van der Waals surface area contributed by atoms with Gasteiger partial charge in [-0.1, -0.05) is 47.4 Å². The summed E-state index contributed by atoms with van der Waals surface area (Å²) in [6, 6.07) is 7.56. The number of hydrogen-bond acceptors (Lipinski definition) is 7. The SMILES string of the molecule is CCCCc1noc(CN2CCC3(CC2)C[C@@H]3c2nc(-c3cccc(Cl)c3)no2)n1. The Hall–Kier alpha value is -2.25. The molecule has 0 radical (unpaired) electrons. The number of unbranched alkanes of at least 4 members (excludes halogenated alkanes) is 1. The van der Waals surface area contributed by atoms with Crippen LogP contribution in [0.4, 0.5) is 0 Å². The van der Waals surface area contributed by atoms with Gasteiger partial charge in [-0.15, -0.1) is 0 Å². The molecular weight excluding hydrogens is 402 g/mol. The van der Waals surface area contributed by atoms with Crippen molar-refractivity contribution in [3.63, 3.8) is 0 Å². The third-order valence-corrected chi connectivity index (χ3v) is 6.72. The second-order valence-electron chi connectivity index (χ2n) is 8.57. The maximum absolute atomic E-state index is 6.08. The average Bonchev–Trinajstić information content (AvgIpc) is 3.11. The van der Waals surface area contributed by atoms with Crippen LogP contribution in [0.25, 0.3) is 11.4 Å². The van der Waals surface area contributed by atoms with Crippen molar-refractivity contribution >= 4 is 11.6 Å². The first-order chi connectivity index (χ1) is 14.6. The highest BCUT2D eigenvalue weighted by Crippen LogP contribution is 2.64. The normalized spacial score (nSPS) is 20.7. The first-order valence-electron chi connectivity index (χ1n) is 10.8. The molecule has 1 saturated carbocycles. The smallest absolute Gasteiger partial charge is 0.240 e. The predicted octanol–water partition coefficient (Wildman–Crippen LogP) is 4.89. The van der Waals surface area contributed by atoms with Gasteiger partial charge in [-0.05, 0) is 56.3 Å². The topological polar surface area (TPSA) is 81.1 Å². The molecule has 0 amide bonds. The summed E-state index contributed by atoms with van der Waals surface area (Å²) in [4.78, 5) is 11.6. The number of aromatic nitrogens is 4. The highest BCUT2D eigenvalue weighted by molar-refractivity contribution is 6.30. The van der Waals surface area contributed by atoms with Crippen molar-refractivity contribution in [2.24, 2.45) is 5.41 Å². The summed E-state index contributed by atoms with van der Waals surface area (Å²) in [5, 5.41) is 8.95. The van der Waals surface area contributed by atoms with Crippen LogP contribution in [-0.4, -0.2) is 38.3 Å². The van der Waals surface area contributed by atoms with Crippen LogP contribution >= 0.6 is 11.6 Å². The third kappa shape index (κ3) is 4.01. The fourth-order valence-electron chi connectivity index (χ4n) is 4.51. The molecule has 0 unspecified atom stereocenters. The minimum atomic E-state index is 0.301. The highest BCUT2D eigenvalue weighted by Gasteiger charge is 2.58. The molecule has 1 spiro atoms. The summed E-state index contributed by atoms with van der Waals surface area (Å²) < 4.78 is 11.0. The van der Waals surface area contributed by atoms with Crippen molar-refractivity contribution < 1.29 is 9.05 Å². The molecule has 5 rings (SSSR count). The van der Waals surface area contributed by atoms with E-state index < -0.39 is 0 Å². The number of halogens is 1. The van der Waals surface area contributed by atoms with Crippen molar-refractivity contribution in [2.75, 3.05) is 13.1 Å². The molecule has 158 valence electrons. The molecular formula is C22H26ClN5O2. The molecule has 1 aromatic carbocycles. The van der Waals surface area contributed by atoms with Gasteiger partial charge >= 0.3 is 0 Å². The Morgan fingerprint density at radius 2 is 2.03 bits per heavy atom. The minimum absolute atomic E-state index is 0.301. The summed E-state index contributed by atoms with van der Waals surface area (Å²) in [7, 11) is 0. The zero-order chi connectivity index (χ0) is 20.6. The van der Waals surface area contributed by atoms with Gasteiger partial charge in [0.1, 0.15) is 0 Å². The Morgan fingerprint density at radius 1 is 1.17 bits per heavy atom. The van der Waals surface area contributed by atoms with Gasteiger partial charge in [0, 0.05) is 22.9 Å². The van der Waals surface area contributed by atoms with E-state index in [1.807, 2.05) is 24.3 Å². The van der Waals surface area contributed by atoms with E-state index in [0.717, 1.165) is 81.3 Å². The van der Waals surface area contributed by atoms with Crippen LogP contribution in [0.2, 0.25) is 5.02 Å².